The van der Waals surface area contributed by atoms with Crippen molar-refractivity contribution in [1.29, 1.82) is 0 Å². The highest BCUT2D eigenvalue weighted by Gasteiger charge is 2.54. The van der Waals surface area contributed by atoms with Gasteiger partial charge in [0.05, 0.1) is 6.54 Å². The lowest BCUT2D eigenvalue weighted by Gasteiger charge is -2.28. The molecule has 2 aliphatic rings. The predicted octanol–water partition coefficient (Wildman–Crippen LogP) is 2.83. The van der Waals surface area contributed by atoms with E-state index in [4.69, 9.17) is 0 Å². The van der Waals surface area contributed by atoms with Crippen LogP contribution in [-0.2, 0) is 9.59 Å². The fourth-order valence-corrected chi connectivity index (χ4v) is 3.39. The molecule has 0 aromatic rings. The molecule has 2 unspecified atom stereocenters. The van der Waals surface area contributed by atoms with E-state index in [2.05, 4.69) is 0 Å². The lowest BCUT2D eigenvalue weighted by molar-refractivity contribution is -0.136. The van der Waals surface area contributed by atoms with Crippen molar-refractivity contribution in [2.75, 3.05) is 13.6 Å². The van der Waals surface area contributed by atoms with Crippen LogP contribution in [0.2, 0.25) is 0 Å². The van der Waals surface area contributed by atoms with E-state index < -0.39 is 5.54 Å². The van der Waals surface area contributed by atoms with Gasteiger partial charge in [0, 0.05) is 13.0 Å². The first-order chi connectivity index (χ1) is 10.3. The van der Waals surface area contributed by atoms with Crippen molar-refractivity contribution >= 4 is 17.7 Å². The summed E-state index contributed by atoms with van der Waals surface area (Å²) in [4.78, 5) is 40.2. The number of amides is 3. The summed E-state index contributed by atoms with van der Waals surface area (Å²) in [6.07, 6.45) is 5.51. The molecule has 0 N–H and O–H groups in total. The number of carbonyl (C=O) groups is 3. The van der Waals surface area contributed by atoms with E-state index >= 15 is 0 Å². The zero-order valence-corrected chi connectivity index (χ0v) is 14.2. The molecular formula is C17H28N2O3. The molecule has 5 nitrogen and oxygen atoms in total. The van der Waals surface area contributed by atoms with Crippen molar-refractivity contribution < 1.29 is 14.4 Å². The first-order valence-corrected chi connectivity index (χ1v) is 8.47. The van der Waals surface area contributed by atoms with E-state index in [1.54, 1.807) is 7.05 Å². The maximum Gasteiger partial charge on any atom is 0.327 e. The van der Waals surface area contributed by atoms with Gasteiger partial charge in [-0.2, -0.15) is 0 Å². The Hall–Kier alpha value is -1.39. The Kier molecular flexibility index (Phi) is 4.93. The number of urea groups is 1. The van der Waals surface area contributed by atoms with Crippen LogP contribution in [-0.4, -0.2) is 46.7 Å². The fourth-order valence-electron chi connectivity index (χ4n) is 3.39. The first-order valence-electron chi connectivity index (χ1n) is 8.47. The Morgan fingerprint density at radius 1 is 1.32 bits per heavy atom. The molecule has 2 fully saturated rings. The Morgan fingerprint density at radius 2 is 1.95 bits per heavy atom. The molecule has 1 aliphatic heterocycles. The third-order valence-corrected chi connectivity index (χ3v) is 5.25. The Balaban J connectivity index is 2.09. The fraction of sp³-hybridized carbons (Fsp3) is 0.824. The highest BCUT2D eigenvalue weighted by molar-refractivity contribution is 6.09. The molecule has 1 heterocycles. The molecule has 0 radical (unpaired) electrons. The van der Waals surface area contributed by atoms with Crippen molar-refractivity contribution in [3.8, 4) is 0 Å². The van der Waals surface area contributed by atoms with E-state index in [-0.39, 0.29) is 30.2 Å². The molecule has 1 saturated carbocycles. The van der Waals surface area contributed by atoms with Crippen molar-refractivity contribution in [3.63, 3.8) is 0 Å². The number of ketones is 1. The number of carbonyl (C=O) groups excluding carboxylic acids is 3. The minimum absolute atomic E-state index is 0.00937. The van der Waals surface area contributed by atoms with E-state index in [0.29, 0.717) is 12.3 Å². The summed E-state index contributed by atoms with van der Waals surface area (Å²) < 4.78 is 0. The van der Waals surface area contributed by atoms with E-state index in [1.165, 1.54) is 9.80 Å². The average Bonchev–Trinajstić information content (AvgIpc) is 3.28. The minimum Gasteiger partial charge on any atom is -0.313 e. The summed E-state index contributed by atoms with van der Waals surface area (Å²) in [5, 5.41) is 0. The summed E-state index contributed by atoms with van der Waals surface area (Å²) in [5.41, 5.74) is -0.773. The lowest BCUT2D eigenvalue weighted by atomic mass is 9.92. The zero-order valence-electron chi connectivity index (χ0n) is 14.2. The third kappa shape index (κ3) is 3.03. The molecule has 5 heteroatoms. The standard InChI is InChI=1S/C17H28N2O3/c1-5-7-13(6-2)14(20)11-19-15(21)17(3,10-12-8-9-12)18(4)16(19)22/h12-13H,5-11H2,1-4H3. The molecule has 3 amide bonds. The van der Waals surface area contributed by atoms with Gasteiger partial charge in [0.2, 0.25) is 0 Å². The summed E-state index contributed by atoms with van der Waals surface area (Å²) in [7, 11) is 1.68. The summed E-state index contributed by atoms with van der Waals surface area (Å²) in [6.45, 7) is 5.79. The van der Waals surface area contributed by atoms with Crippen LogP contribution in [0.1, 0.15) is 59.3 Å². The van der Waals surface area contributed by atoms with Gasteiger partial charge in [-0.15, -0.1) is 0 Å². The van der Waals surface area contributed by atoms with Crippen LogP contribution in [0.25, 0.3) is 0 Å². The van der Waals surface area contributed by atoms with Gasteiger partial charge in [0.25, 0.3) is 5.91 Å². The van der Waals surface area contributed by atoms with Crippen LogP contribution < -0.4 is 0 Å². The van der Waals surface area contributed by atoms with Gasteiger partial charge in [-0.1, -0.05) is 33.1 Å². The van der Waals surface area contributed by atoms with Crippen LogP contribution >= 0.6 is 0 Å². The molecule has 1 aliphatic carbocycles. The SMILES string of the molecule is CCCC(CC)C(=O)CN1C(=O)N(C)C(C)(CC2CC2)C1=O. The Bertz CT molecular complexity index is 473. The summed E-state index contributed by atoms with van der Waals surface area (Å²) in [5.74, 6) is 0.302. The van der Waals surface area contributed by atoms with Gasteiger partial charge >= 0.3 is 6.03 Å². The molecule has 22 heavy (non-hydrogen) atoms. The molecule has 124 valence electrons. The number of hydrogen-bond acceptors (Lipinski definition) is 3. The largest absolute Gasteiger partial charge is 0.327 e. The Labute approximate surface area is 133 Å². The van der Waals surface area contributed by atoms with Gasteiger partial charge in [-0.3, -0.25) is 14.5 Å². The summed E-state index contributed by atoms with van der Waals surface area (Å²) >= 11 is 0. The van der Waals surface area contributed by atoms with Gasteiger partial charge in [0.15, 0.2) is 5.78 Å². The highest BCUT2D eigenvalue weighted by atomic mass is 16.2. The zero-order chi connectivity index (χ0) is 16.5. The second kappa shape index (κ2) is 6.39. The molecule has 0 spiro atoms. The monoisotopic (exact) mass is 308 g/mol. The first kappa shape index (κ1) is 17.0. The normalized spacial score (nSPS) is 26.7. The number of Topliss-reactive ketones (excluding diaryl/α,β-unsaturated/α-hetero) is 1. The van der Waals surface area contributed by atoms with Crippen LogP contribution in [0.3, 0.4) is 0 Å². The van der Waals surface area contributed by atoms with E-state index in [0.717, 1.165) is 32.1 Å². The van der Waals surface area contributed by atoms with Gasteiger partial charge in [-0.25, -0.2) is 4.79 Å². The van der Waals surface area contributed by atoms with Crippen LogP contribution in [0, 0.1) is 11.8 Å². The van der Waals surface area contributed by atoms with Gasteiger partial charge < -0.3 is 4.90 Å². The quantitative estimate of drug-likeness (QED) is 0.648. The molecule has 0 aromatic carbocycles. The minimum atomic E-state index is -0.773. The Morgan fingerprint density at radius 3 is 2.45 bits per heavy atom. The average molecular weight is 308 g/mol. The highest BCUT2D eigenvalue weighted by Crippen LogP contribution is 2.41. The van der Waals surface area contributed by atoms with Crippen LogP contribution in [0.15, 0.2) is 0 Å². The molecule has 2 rings (SSSR count). The van der Waals surface area contributed by atoms with Crippen molar-refractivity contribution in [2.24, 2.45) is 11.8 Å². The van der Waals surface area contributed by atoms with Crippen LogP contribution in [0.4, 0.5) is 4.79 Å². The smallest absolute Gasteiger partial charge is 0.313 e. The van der Waals surface area contributed by atoms with Crippen molar-refractivity contribution in [2.45, 2.75) is 64.8 Å². The maximum absolute atomic E-state index is 12.7. The number of imide groups is 1. The number of likely N-dealkylation sites (N-methyl/N-ethyl adjacent to an activating group) is 1. The number of nitrogens with zero attached hydrogens (tertiary/aromatic N) is 2. The summed E-state index contributed by atoms with van der Waals surface area (Å²) in [6, 6.07) is -0.326. The van der Waals surface area contributed by atoms with Crippen LogP contribution in [0.5, 0.6) is 0 Å². The van der Waals surface area contributed by atoms with Gasteiger partial charge in [0.1, 0.15) is 5.54 Å². The van der Waals surface area contributed by atoms with Gasteiger partial charge in [-0.05, 0) is 32.1 Å². The maximum atomic E-state index is 12.7. The predicted molar refractivity (Wildman–Crippen MR) is 84.3 cm³/mol. The van der Waals surface area contributed by atoms with E-state index in [9.17, 15) is 14.4 Å². The molecule has 2 atom stereocenters. The second-order valence-electron chi connectivity index (χ2n) is 7.01. The van der Waals surface area contributed by atoms with Crippen molar-refractivity contribution in [1.82, 2.24) is 9.80 Å². The molecular weight excluding hydrogens is 280 g/mol. The lowest BCUT2D eigenvalue weighted by Crippen LogP contribution is -2.45. The topological polar surface area (TPSA) is 57.7 Å². The molecule has 1 saturated heterocycles. The van der Waals surface area contributed by atoms with Crippen molar-refractivity contribution in [3.05, 3.63) is 0 Å². The number of rotatable bonds is 8. The molecule has 0 bridgehead atoms. The third-order valence-electron chi connectivity index (χ3n) is 5.25. The van der Waals surface area contributed by atoms with E-state index in [1.807, 2.05) is 20.8 Å². The second-order valence-corrected chi connectivity index (χ2v) is 7.01. The molecule has 0 aromatic heterocycles. The number of hydrogen-bond donors (Lipinski definition) is 0.